The first-order valence-electron chi connectivity index (χ1n) is 12.4. The van der Waals surface area contributed by atoms with Crippen molar-refractivity contribution in [2.45, 2.75) is 59.0 Å². The first-order chi connectivity index (χ1) is 18.8. The molecule has 0 atom stereocenters. The van der Waals surface area contributed by atoms with Crippen LogP contribution in [0.1, 0.15) is 58.6 Å². The van der Waals surface area contributed by atoms with Gasteiger partial charge >= 0.3 is 6.03 Å². The highest BCUT2D eigenvalue weighted by Gasteiger charge is 2.21. The number of ether oxygens (including phenoxy) is 1. The summed E-state index contributed by atoms with van der Waals surface area (Å²) >= 11 is 0. The van der Waals surface area contributed by atoms with Gasteiger partial charge in [0.05, 0.1) is 0 Å². The zero-order valence-electron chi connectivity index (χ0n) is 23.2. The summed E-state index contributed by atoms with van der Waals surface area (Å²) in [5, 5.41) is 12.7. The molecule has 0 radical (unpaired) electrons. The van der Waals surface area contributed by atoms with E-state index in [4.69, 9.17) is 13.8 Å². The minimum absolute atomic E-state index is 0.107. The van der Waals surface area contributed by atoms with Crippen LogP contribution in [0.25, 0.3) is 0 Å². The van der Waals surface area contributed by atoms with Gasteiger partial charge in [-0.25, -0.2) is 14.0 Å². The first-order valence-corrected chi connectivity index (χ1v) is 12.4. The summed E-state index contributed by atoms with van der Waals surface area (Å²) in [6, 6.07) is 16.1. The van der Waals surface area contributed by atoms with Gasteiger partial charge in [-0.3, -0.25) is 5.32 Å². The van der Waals surface area contributed by atoms with E-state index in [2.05, 4.69) is 25.9 Å². The molecular formula is C29H32FN5O5. The minimum atomic E-state index is -0.436. The molecular weight excluding hydrogens is 517 g/mol. The average molecular weight is 550 g/mol. The number of nitrogens with one attached hydrogen (secondary N) is 2. The van der Waals surface area contributed by atoms with Gasteiger partial charge in [0.15, 0.2) is 5.82 Å². The van der Waals surface area contributed by atoms with Crippen molar-refractivity contribution in [3.05, 3.63) is 83.6 Å². The summed E-state index contributed by atoms with van der Waals surface area (Å²) in [7, 11) is 0. The number of rotatable bonds is 6. The largest absolute Gasteiger partial charge is 0.489 e. The smallest absolute Gasteiger partial charge is 0.324 e. The van der Waals surface area contributed by atoms with Crippen LogP contribution in [0.3, 0.4) is 0 Å². The average Bonchev–Trinajstić information content (AvgIpc) is 3.55. The lowest BCUT2D eigenvalue weighted by Crippen LogP contribution is -2.19. The van der Waals surface area contributed by atoms with Gasteiger partial charge < -0.3 is 19.1 Å². The van der Waals surface area contributed by atoms with Gasteiger partial charge in [0.1, 0.15) is 29.7 Å². The molecule has 0 aliphatic heterocycles. The number of isocyanates is 1. The molecule has 4 aromatic rings. The van der Waals surface area contributed by atoms with Crippen molar-refractivity contribution >= 4 is 29.4 Å². The monoisotopic (exact) mass is 549 g/mol. The van der Waals surface area contributed by atoms with E-state index in [0.717, 1.165) is 0 Å². The summed E-state index contributed by atoms with van der Waals surface area (Å²) in [6.45, 7) is 12.1. The van der Waals surface area contributed by atoms with Gasteiger partial charge in [0.25, 0.3) is 0 Å². The number of hydrogen-bond acceptors (Lipinski definition) is 8. The number of benzene rings is 2. The van der Waals surface area contributed by atoms with E-state index in [1.165, 1.54) is 12.1 Å². The summed E-state index contributed by atoms with van der Waals surface area (Å²) in [6.07, 6.45) is 1.40. The molecule has 2 aromatic heterocycles. The number of aliphatic imine (C=N–C) groups is 1. The Labute approximate surface area is 231 Å². The molecule has 0 saturated heterocycles. The summed E-state index contributed by atoms with van der Waals surface area (Å²) < 4.78 is 29.4. The molecule has 0 unspecified atom stereocenters. The standard InChI is InChI=1S/C21H22FN3O3.C8H10N2O2/c1-21(2,3)18-12-19(25-28-18)24-20(26)23-15-8-10-16(11-9-15)27-13-14-6-4-5-7-17(14)22;1-8(2,3)6-4-7(9-5-11)10-12-6/h4-12H,13H2,1-3H3,(H2,23,24,25,26);4H,1-3H3. The van der Waals surface area contributed by atoms with Crippen LogP contribution in [0, 0.1) is 5.82 Å². The highest BCUT2D eigenvalue weighted by Crippen LogP contribution is 2.26. The Kier molecular flexibility index (Phi) is 9.58. The third kappa shape index (κ3) is 8.92. The Bertz CT molecular complexity index is 1460. The number of carbonyl (C=O) groups excluding carboxylic acids is 2. The van der Waals surface area contributed by atoms with Crippen molar-refractivity contribution in [1.29, 1.82) is 0 Å². The van der Waals surface area contributed by atoms with Crippen molar-refractivity contribution in [3.8, 4) is 5.75 Å². The SMILES string of the molecule is CC(C)(C)c1cc(N=C=O)no1.CC(C)(C)c1cc(NC(=O)Nc2ccc(OCc3ccccc3F)cc2)no1. The molecule has 0 aliphatic carbocycles. The van der Waals surface area contributed by atoms with Crippen LogP contribution in [0.4, 0.5) is 26.5 Å². The molecule has 10 nitrogen and oxygen atoms in total. The third-order valence-corrected chi connectivity index (χ3v) is 5.35. The number of carbonyl (C=O) groups is 1. The number of hydrogen-bond donors (Lipinski definition) is 2. The number of urea groups is 1. The second-order valence-electron chi connectivity index (χ2n) is 10.8. The molecule has 0 fully saturated rings. The molecule has 0 bridgehead atoms. The van der Waals surface area contributed by atoms with E-state index in [1.807, 2.05) is 41.5 Å². The van der Waals surface area contributed by atoms with Crippen LogP contribution in [0.15, 0.2) is 74.7 Å². The minimum Gasteiger partial charge on any atom is -0.489 e. The molecule has 4 rings (SSSR count). The van der Waals surface area contributed by atoms with E-state index < -0.39 is 6.03 Å². The van der Waals surface area contributed by atoms with Gasteiger partial charge in [-0.2, -0.15) is 0 Å². The van der Waals surface area contributed by atoms with E-state index in [1.54, 1.807) is 54.6 Å². The lowest BCUT2D eigenvalue weighted by atomic mass is 9.93. The molecule has 2 aromatic carbocycles. The van der Waals surface area contributed by atoms with Crippen molar-refractivity contribution in [2.24, 2.45) is 4.99 Å². The molecule has 2 heterocycles. The third-order valence-electron chi connectivity index (χ3n) is 5.35. The fourth-order valence-electron chi connectivity index (χ4n) is 3.10. The van der Waals surface area contributed by atoms with Crippen molar-refractivity contribution < 1.29 is 27.8 Å². The predicted octanol–water partition coefficient (Wildman–Crippen LogP) is 7.27. The maximum atomic E-state index is 13.6. The maximum Gasteiger partial charge on any atom is 0.324 e. The summed E-state index contributed by atoms with van der Waals surface area (Å²) in [5.74, 6) is 2.26. The molecule has 2 N–H and O–H groups in total. The highest BCUT2D eigenvalue weighted by molar-refractivity contribution is 5.99. The van der Waals surface area contributed by atoms with E-state index in [0.29, 0.717) is 34.3 Å². The van der Waals surface area contributed by atoms with Crippen molar-refractivity contribution in [3.63, 3.8) is 0 Å². The van der Waals surface area contributed by atoms with Gasteiger partial charge in [-0.15, -0.1) is 4.99 Å². The van der Waals surface area contributed by atoms with Crippen LogP contribution in [0.2, 0.25) is 0 Å². The van der Waals surface area contributed by atoms with Crippen LogP contribution in [-0.4, -0.2) is 22.4 Å². The van der Waals surface area contributed by atoms with E-state index >= 15 is 0 Å². The molecule has 11 heteroatoms. The lowest BCUT2D eigenvalue weighted by Gasteiger charge is -2.12. The Hall–Kier alpha value is -4.76. The van der Waals surface area contributed by atoms with E-state index in [9.17, 15) is 14.0 Å². The molecule has 0 saturated carbocycles. The second kappa shape index (κ2) is 12.9. The molecule has 0 spiro atoms. The number of halogens is 1. The lowest BCUT2D eigenvalue weighted by molar-refractivity contribution is 0.261. The van der Waals surface area contributed by atoms with Crippen molar-refractivity contribution in [2.75, 3.05) is 10.6 Å². The highest BCUT2D eigenvalue weighted by atomic mass is 19.1. The Morgan fingerprint density at radius 2 is 1.55 bits per heavy atom. The zero-order chi connectivity index (χ0) is 29.3. The fourth-order valence-corrected chi connectivity index (χ4v) is 3.10. The van der Waals surface area contributed by atoms with Gasteiger partial charge in [-0.1, -0.05) is 70.1 Å². The Balaban J connectivity index is 0.000000307. The zero-order valence-corrected chi connectivity index (χ0v) is 23.2. The fraction of sp³-hybridized carbons (Fsp3) is 0.310. The topological polar surface area (TPSA) is 132 Å². The Morgan fingerprint density at radius 3 is 2.12 bits per heavy atom. The predicted molar refractivity (Wildman–Crippen MR) is 148 cm³/mol. The Morgan fingerprint density at radius 1 is 0.925 bits per heavy atom. The maximum absolute atomic E-state index is 13.6. The summed E-state index contributed by atoms with van der Waals surface area (Å²) in [5.41, 5.74) is 0.757. The quantitative estimate of drug-likeness (QED) is 0.191. The van der Waals surface area contributed by atoms with Crippen LogP contribution in [0.5, 0.6) is 5.75 Å². The van der Waals surface area contributed by atoms with Crippen LogP contribution in [-0.2, 0) is 22.2 Å². The normalized spacial score (nSPS) is 11.1. The first kappa shape index (κ1) is 29.8. The molecule has 0 aliphatic rings. The number of aromatic nitrogens is 2. The molecule has 210 valence electrons. The number of nitrogens with zero attached hydrogens (tertiary/aromatic N) is 3. The molecule has 2 amide bonds. The van der Waals surface area contributed by atoms with Crippen molar-refractivity contribution in [1.82, 2.24) is 10.3 Å². The van der Waals surface area contributed by atoms with Gasteiger partial charge in [0, 0.05) is 34.2 Å². The second-order valence-corrected chi connectivity index (χ2v) is 10.8. The van der Waals surface area contributed by atoms with Gasteiger partial charge in [0.2, 0.25) is 11.9 Å². The summed E-state index contributed by atoms with van der Waals surface area (Å²) in [4.78, 5) is 25.3. The number of anilines is 2. The van der Waals surface area contributed by atoms with E-state index in [-0.39, 0.29) is 29.1 Å². The van der Waals surface area contributed by atoms with Crippen LogP contribution < -0.4 is 15.4 Å². The molecule has 40 heavy (non-hydrogen) atoms. The van der Waals surface area contributed by atoms with Gasteiger partial charge in [-0.05, 0) is 30.3 Å². The number of amides is 2. The van der Waals surface area contributed by atoms with Crippen LogP contribution >= 0.6 is 0 Å².